The number of rotatable bonds is 5. The van der Waals surface area contributed by atoms with E-state index in [1.54, 1.807) is 48.4 Å². The fourth-order valence-corrected chi connectivity index (χ4v) is 3.08. The van der Waals surface area contributed by atoms with E-state index in [0.717, 1.165) is 5.56 Å². The number of aliphatic hydroxyl groups is 1. The molecule has 27 heavy (non-hydrogen) atoms. The Kier molecular flexibility index (Phi) is 6.08. The van der Waals surface area contributed by atoms with Crippen molar-refractivity contribution >= 4 is 17.5 Å². The molecule has 0 radical (unpaired) electrons. The average Bonchev–Trinajstić information content (AvgIpc) is 2.70. The highest BCUT2D eigenvalue weighted by molar-refractivity contribution is 6.04. The summed E-state index contributed by atoms with van der Waals surface area (Å²) >= 11 is 0. The number of piperidine rings is 1. The maximum atomic E-state index is 12.3. The van der Waals surface area contributed by atoms with Gasteiger partial charge in [-0.3, -0.25) is 9.59 Å². The molecule has 0 spiro atoms. The molecule has 1 aliphatic heterocycles. The number of nitrogens with zero attached hydrogens (tertiary/aromatic N) is 1. The third kappa shape index (κ3) is 5.08. The molecule has 2 aromatic rings. The summed E-state index contributed by atoms with van der Waals surface area (Å²) in [5, 5.41) is 12.4. The number of hydrogen-bond acceptors (Lipinski definition) is 4. The Morgan fingerprint density at radius 3 is 2.52 bits per heavy atom. The zero-order chi connectivity index (χ0) is 19.2. The number of likely N-dealkylation sites (tertiary alicyclic amines) is 1. The number of benzene rings is 2. The molecule has 6 nitrogen and oxygen atoms in total. The second-order valence-electron chi connectivity index (χ2n) is 6.67. The summed E-state index contributed by atoms with van der Waals surface area (Å²) in [6, 6.07) is 14.2. The normalized spacial score (nSPS) is 14.7. The van der Waals surface area contributed by atoms with Gasteiger partial charge in [-0.15, -0.1) is 0 Å². The standard InChI is InChI=1S/C21H24N2O4/c1-27-19-4-2-3-16(14-19)21(26)22-17-7-5-15(6-8-17)13-20(25)23-11-9-18(24)10-12-23/h2-8,14,18,24H,9-13H2,1H3,(H,22,26). The quantitative estimate of drug-likeness (QED) is 0.850. The largest absolute Gasteiger partial charge is 0.497 e. The van der Waals surface area contributed by atoms with E-state index in [2.05, 4.69) is 5.32 Å². The van der Waals surface area contributed by atoms with Crippen molar-refractivity contribution in [2.45, 2.75) is 25.4 Å². The van der Waals surface area contributed by atoms with Crippen LogP contribution in [0.1, 0.15) is 28.8 Å². The van der Waals surface area contributed by atoms with Crippen LogP contribution in [-0.4, -0.2) is 48.1 Å². The summed E-state index contributed by atoms with van der Waals surface area (Å²) in [4.78, 5) is 26.5. The van der Waals surface area contributed by atoms with Gasteiger partial charge in [0.25, 0.3) is 5.91 Å². The first-order valence-electron chi connectivity index (χ1n) is 9.05. The van der Waals surface area contributed by atoms with Crippen molar-refractivity contribution in [1.29, 1.82) is 0 Å². The van der Waals surface area contributed by atoms with Gasteiger partial charge in [0.15, 0.2) is 0 Å². The molecule has 0 saturated carbocycles. The van der Waals surface area contributed by atoms with E-state index in [-0.39, 0.29) is 17.9 Å². The summed E-state index contributed by atoms with van der Waals surface area (Å²) in [5.41, 5.74) is 2.08. The first-order valence-corrected chi connectivity index (χ1v) is 9.05. The number of methoxy groups -OCH3 is 1. The molecule has 0 aromatic heterocycles. The minimum atomic E-state index is -0.290. The number of nitrogens with one attached hydrogen (secondary N) is 1. The molecular formula is C21H24N2O4. The molecule has 1 aliphatic rings. The summed E-state index contributed by atoms with van der Waals surface area (Å²) in [6.07, 6.45) is 1.31. The Balaban J connectivity index is 1.56. The van der Waals surface area contributed by atoms with Crippen molar-refractivity contribution in [3.8, 4) is 5.75 Å². The van der Waals surface area contributed by atoms with Crippen LogP contribution in [-0.2, 0) is 11.2 Å². The number of anilines is 1. The van der Waals surface area contributed by atoms with Gasteiger partial charge in [-0.2, -0.15) is 0 Å². The third-order valence-electron chi connectivity index (χ3n) is 4.72. The lowest BCUT2D eigenvalue weighted by molar-refractivity contribution is -0.132. The highest BCUT2D eigenvalue weighted by Crippen LogP contribution is 2.17. The van der Waals surface area contributed by atoms with Gasteiger partial charge < -0.3 is 20.1 Å². The average molecular weight is 368 g/mol. The van der Waals surface area contributed by atoms with E-state index in [9.17, 15) is 14.7 Å². The van der Waals surface area contributed by atoms with Gasteiger partial charge >= 0.3 is 0 Å². The Morgan fingerprint density at radius 1 is 1.15 bits per heavy atom. The number of carbonyl (C=O) groups excluding carboxylic acids is 2. The molecule has 2 N–H and O–H groups in total. The molecular weight excluding hydrogens is 344 g/mol. The zero-order valence-electron chi connectivity index (χ0n) is 15.4. The predicted molar refractivity (Wildman–Crippen MR) is 103 cm³/mol. The predicted octanol–water partition coefficient (Wildman–Crippen LogP) is 2.47. The van der Waals surface area contributed by atoms with Gasteiger partial charge in [0.2, 0.25) is 5.91 Å². The summed E-state index contributed by atoms with van der Waals surface area (Å²) in [5.74, 6) is 0.474. The van der Waals surface area contributed by atoms with Crippen molar-refractivity contribution in [3.63, 3.8) is 0 Å². The van der Waals surface area contributed by atoms with Crippen LogP contribution in [0.3, 0.4) is 0 Å². The van der Waals surface area contributed by atoms with Crippen LogP contribution < -0.4 is 10.1 Å². The summed E-state index contributed by atoms with van der Waals surface area (Å²) < 4.78 is 5.13. The number of hydrogen-bond donors (Lipinski definition) is 2. The van der Waals surface area contributed by atoms with Crippen LogP contribution in [0.5, 0.6) is 5.75 Å². The van der Waals surface area contributed by atoms with E-state index in [0.29, 0.717) is 49.4 Å². The Hall–Kier alpha value is -2.86. The van der Waals surface area contributed by atoms with Gasteiger partial charge in [0.1, 0.15) is 5.75 Å². The first-order chi connectivity index (χ1) is 13.0. The maximum Gasteiger partial charge on any atom is 0.255 e. The van der Waals surface area contributed by atoms with Gasteiger partial charge in [-0.1, -0.05) is 18.2 Å². The number of ether oxygens (including phenoxy) is 1. The molecule has 6 heteroatoms. The summed E-state index contributed by atoms with van der Waals surface area (Å²) in [7, 11) is 1.56. The van der Waals surface area contributed by atoms with Crippen molar-refractivity contribution in [1.82, 2.24) is 4.90 Å². The monoisotopic (exact) mass is 368 g/mol. The molecule has 1 fully saturated rings. The minimum Gasteiger partial charge on any atom is -0.497 e. The molecule has 2 aromatic carbocycles. The molecule has 0 unspecified atom stereocenters. The fourth-order valence-electron chi connectivity index (χ4n) is 3.08. The topological polar surface area (TPSA) is 78.9 Å². The molecule has 1 saturated heterocycles. The van der Waals surface area contributed by atoms with Crippen LogP contribution in [0.25, 0.3) is 0 Å². The Bertz CT molecular complexity index is 796. The third-order valence-corrected chi connectivity index (χ3v) is 4.72. The van der Waals surface area contributed by atoms with Gasteiger partial charge in [0, 0.05) is 24.3 Å². The van der Waals surface area contributed by atoms with Gasteiger partial charge in [-0.05, 0) is 48.7 Å². The van der Waals surface area contributed by atoms with Crippen LogP contribution >= 0.6 is 0 Å². The van der Waals surface area contributed by atoms with Gasteiger partial charge in [-0.25, -0.2) is 0 Å². The first kappa shape index (κ1) is 18.9. The molecule has 142 valence electrons. The van der Waals surface area contributed by atoms with Crippen LogP contribution in [0.2, 0.25) is 0 Å². The molecule has 0 bridgehead atoms. The van der Waals surface area contributed by atoms with Crippen molar-refractivity contribution in [2.75, 3.05) is 25.5 Å². The lowest BCUT2D eigenvalue weighted by atomic mass is 10.1. The fraction of sp³-hybridized carbons (Fsp3) is 0.333. The van der Waals surface area contributed by atoms with E-state index >= 15 is 0 Å². The molecule has 0 aliphatic carbocycles. The lowest BCUT2D eigenvalue weighted by Gasteiger charge is -2.29. The molecule has 0 atom stereocenters. The van der Waals surface area contributed by atoms with Crippen molar-refractivity contribution in [3.05, 3.63) is 59.7 Å². The van der Waals surface area contributed by atoms with E-state index in [1.165, 1.54) is 0 Å². The highest BCUT2D eigenvalue weighted by Gasteiger charge is 2.21. The molecule has 3 rings (SSSR count). The van der Waals surface area contributed by atoms with E-state index in [4.69, 9.17) is 4.74 Å². The number of amides is 2. The van der Waals surface area contributed by atoms with Crippen LogP contribution in [0, 0.1) is 0 Å². The molecule has 1 heterocycles. The SMILES string of the molecule is COc1cccc(C(=O)Nc2ccc(CC(=O)N3CCC(O)CC3)cc2)c1. The number of aliphatic hydroxyl groups excluding tert-OH is 1. The maximum absolute atomic E-state index is 12.3. The second-order valence-corrected chi connectivity index (χ2v) is 6.67. The van der Waals surface area contributed by atoms with E-state index in [1.807, 2.05) is 12.1 Å². The number of carbonyl (C=O) groups is 2. The Morgan fingerprint density at radius 2 is 1.85 bits per heavy atom. The van der Waals surface area contributed by atoms with Crippen LogP contribution in [0.4, 0.5) is 5.69 Å². The highest BCUT2D eigenvalue weighted by atomic mass is 16.5. The lowest BCUT2D eigenvalue weighted by Crippen LogP contribution is -2.40. The van der Waals surface area contributed by atoms with Crippen LogP contribution in [0.15, 0.2) is 48.5 Å². The van der Waals surface area contributed by atoms with Crippen molar-refractivity contribution in [2.24, 2.45) is 0 Å². The summed E-state index contributed by atoms with van der Waals surface area (Å²) in [6.45, 7) is 1.21. The zero-order valence-corrected chi connectivity index (χ0v) is 15.4. The Labute approximate surface area is 158 Å². The van der Waals surface area contributed by atoms with Crippen molar-refractivity contribution < 1.29 is 19.4 Å². The van der Waals surface area contributed by atoms with Gasteiger partial charge in [0.05, 0.1) is 19.6 Å². The second kappa shape index (κ2) is 8.68. The molecule has 2 amide bonds. The minimum absolute atomic E-state index is 0.0649. The smallest absolute Gasteiger partial charge is 0.255 e. The van der Waals surface area contributed by atoms with E-state index < -0.39 is 0 Å².